The number of aromatic amines is 2. The highest BCUT2D eigenvalue weighted by atomic mass is 32.1. The summed E-state index contributed by atoms with van der Waals surface area (Å²) in [5, 5.41) is 3.12. The highest BCUT2D eigenvalue weighted by Gasteiger charge is 2.21. The number of hydrogen-bond donors (Lipinski definition) is 3. The molecule has 1 aliphatic rings. The fourth-order valence-corrected chi connectivity index (χ4v) is 5.01. The van der Waals surface area contributed by atoms with E-state index in [0.717, 1.165) is 52.1 Å². The molecule has 1 aliphatic carbocycles. The molecule has 1 amide bonds. The fraction of sp³-hybridized carbons (Fsp3) is 0.290. The van der Waals surface area contributed by atoms with Crippen molar-refractivity contribution in [2.75, 3.05) is 0 Å². The summed E-state index contributed by atoms with van der Waals surface area (Å²) >= 11 is 5.81. The average Bonchev–Trinajstić information content (AvgIpc) is 3.67. The van der Waals surface area contributed by atoms with Gasteiger partial charge in [-0.25, -0.2) is 0 Å². The Morgan fingerprint density at radius 3 is 2.31 bits per heavy atom. The van der Waals surface area contributed by atoms with Gasteiger partial charge in [0.2, 0.25) is 0 Å². The second-order valence-electron chi connectivity index (χ2n) is 9.49. The first-order valence-corrected chi connectivity index (χ1v) is 13.2. The van der Waals surface area contributed by atoms with Gasteiger partial charge in [0, 0.05) is 40.8 Å². The van der Waals surface area contributed by atoms with Crippen molar-refractivity contribution in [2.45, 2.75) is 58.9 Å². The highest BCUT2D eigenvalue weighted by molar-refractivity contribution is 7.81. The maximum Gasteiger partial charge on any atom is 0.267 e. The van der Waals surface area contributed by atoms with E-state index in [-0.39, 0.29) is 5.91 Å². The van der Waals surface area contributed by atoms with Crippen LogP contribution < -0.4 is 5.32 Å². The molecule has 36 heavy (non-hydrogen) atoms. The summed E-state index contributed by atoms with van der Waals surface area (Å²) < 4.78 is 0. The quantitative estimate of drug-likeness (QED) is 0.193. The molecule has 0 atom stereocenters. The highest BCUT2D eigenvalue weighted by Crippen LogP contribution is 2.29. The molecule has 2 heterocycles. The van der Waals surface area contributed by atoms with Crippen LogP contribution in [0, 0.1) is 13.8 Å². The van der Waals surface area contributed by atoms with E-state index < -0.39 is 0 Å². The maximum atomic E-state index is 12.5. The van der Waals surface area contributed by atoms with Gasteiger partial charge in [0.05, 0.1) is 4.86 Å². The molecule has 1 saturated carbocycles. The van der Waals surface area contributed by atoms with Gasteiger partial charge in [-0.05, 0) is 50.3 Å². The van der Waals surface area contributed by atoms with Crippen LogP contribution in [0.25, 0.3) is 11.1 Å². The zero-order valence-corrected chi connectivity index (χ0v) is 22.2. The topological polar surface area (TPSA) is 60.7 Å². The molecular formula is C31H35N3OS. The van der Waals surface area contributed by atoms with Crippen LogP contribution in [0.2, 0.25) is 0 Å². The van der Waals surface area contributed by atoms with Crippen molar-refractivity contribution < 1.29 is 4.79 Å². The van der Waals surface area contributed by atoms with Crippen molar-refractivity contribution in [2.24, 2.45) is 0 Å². The first-order valence-electron chi connectivity index (χ1n) is 12.8. The van der Waals surface area contributed by atoms with Crippen molar-refractivity contribution in [3.05, 3.63) is 107 Å². The van der Waals surface area contributed by atoms with Gasteiger partial charge in [0.25, 0.3) is 5.91 Å². The smallest absolute Gasteiger partial charge is 0.267 e. The van der Waals surface area contributed by atoms with Crippen molar-refractivity contribution in [1.29, 1.82) is 0 Å². The summed E-state index contributed by atoms with van der Waals surface area (Å²) in [5.74, 6) is -0.0505. The molecule has 4 nitrogen and oxygen atoms in total. The lowest BCUT2D eigenvalue weighted by molar-refractivity contribution is 0.0933. The van der Waals surface area contributed by atoms with Gasteiger partial charge in [0.1, 0.15) is 5.69 Å². The molecule has 0 radical (unpaired) electrons. The van der Waals surface area contributed by atoms with Gasteiger partial charge in [-0.1, -0.05) is 92.1 Å². The molecule has 0 saturated heterocycles. The molecule has 0 aliphatic heterocycles. The van der Waals surface area contributed by atoms with Gasteiger partial charge in [-0.3, -0.25) is 4.79 Å². The maximum absolute atomic E-state index is 12.5. The lowest BCUT2D eigenvalue weighted by Crippen LogP contribution is -2.32. The molecule has 0 spiro atoms. The molecular weight excluding hydrogens is 462 g/mol. The molecule has 1 fully saturated rings. The monoisotopic (exact) mass is 497 g/mol. The van der Waals surface area contributed by atoms with Crippen LogP contribution in [0.1, 0.15) is 71.0 Å². The Morgan fingerprint density at radius 2 is 1.67 bits per heavy atom. The zero-order valence-electron chi connectivity index (χ0n) is 21.4. The number of rotatable bonds is 6. The standard InChI is InChI=1S/C23H25N3OS.C8H10/c1-14-7-9-16(10-8-14)19-13-24-15(2)21(19)22(28)17-11-20(25-12-17)23(27)26-18-5-3-4-6-18;1-2-8-6-4-3-5-7-8/h7-13,18,24-25H,3-6H2,1-2H3,(H,26,27);3-7H,2H2,1H3. The summed E-state index contributed by atoms with van der Waals surface area (Å²) in [6.07, 6.45) is 9.50. The third kappa shape index (κ3) is 6.21. The Morgan fingerprint density at radius 1 is 0.972 bits per heavy atom. The van der Waals surface area contributed by atoms with Crippen molar-refractivity contribution >= 4 is 23.0 Å². The Balaban J connectivity index is 0.000000325. The minimum atomic E-state index is -0.0505. The molecule has 2 aromatic carbocycles. The van der Waals surface area contributed by atoms with E-state index in [0.29, 0.717) is 11.7 Å². The Hall–Kier alpha value is -3.44. The molecule has 0 unspecified atom stereocenters. The Labute approximate surface area is 219 Å². The largest absolute Gasteiger partial charge is 0.364 e. The molecule has 3 N–H and O–H groups in total. The number of thiocarbonyl (C=S) groups is 1. The van der Waals surface area contributed by atoms with Crippen molar-refractivity contribution in [1.82, 2.24) is 15.3 Å². The van der Waals surface area contributed by atoms with Crippen LogP contribution in [0.5, 0.6) is 0 Å². The number of benzene rings is 2. The predicted molar refractivity (Wildman–Crippen MR) is 153 cm³/mol. The molecule has 186 valence electrons. The van der Waals surface area contributed by atoms with Gasteiger partial charge in [-0.15, -0.1) is 0 Å². The number of H-pyrrole nitrogens is 2. The zero-order chi connectivity index (χ0) is 25.5. The third-order valence-corrected chi connectivity index (χ3v) is 7.24. The van der Waals surface area contributed by atoms with Gasteiger partial charge < -0.3 is 15.3 Å². The Kier molecular flexibility index (Phi) is 8.55. The SMILES string of the molecule is CCc1ccccc1.Cc1ccc(-c2c[nH]c(C)c2C(=S)c2c[nH]c(C(=O)NC3CCCC3)c2)cc1. The number of hydrogen-bond acceptors (Lipinski definition) is 2. The minimum absolute atomic E-state index is 0.0505. The van der Waals surface area contributed by atoms with E-state index in [4.69, 9.17) is 12.2 Å². The van der Waals surface area contributed by atoms with Gasteiger partial charge >= 0.3 is 0 Å². The van der Waals surface area contributed by atoms with Crippen LogP contribution in [0.3, 0.4) is 0 Å². The average molecular weight is 498 g/mol. The van der Waals surface area contributed by atoms with E-state index >= 15 is 0 Å². The number of aryl methyl sites for hydroxylation is 3. The second kappa shape index (κ2) is 12.0. The number of nitrogens with one attached hydrogen (secondary N) is 3. The second-order valence-corrected chi connectivity index (χ2v) is 9.90. The van der Waals surface area contributed by atoms with Crippen LogP contribution in [-0.2, 0) is 6.42 Å². The van der Waals surface area contributed by atoms with Crippen molar-refractivity contribution in [3.8, 4) is 11.1 Å². The lowest BCUT2D eigenvalue weighted by atomic mass is 9.97. The molecule has 5 heteroatoms. The number of carbonyl (C=O) groups is 1. The van der Waals surface area contributed by atoms with Crippen LogP contribution >= 0.6 is 12.2 Å². The summed E-state index contributed by atoms with van der Waals surface area (Å²) in [6, 6.07) is 21.0. The molecule has 0 bridgehead atoms. The molecule has 5 rings (SSSR count). The normalized spacial score (nSPS) is 13.2. The lowest BCUT2D eigenvalue weighted by Gasteiger charge is -2.10. The first kappa shape index (κ1) is 25.6. The van der Waals surface area contributed by atoms with Gasteiger partial charge in [0.15, 0.2) is 0 Å². The number of aromatic nitrogens is 2. The molecule has 2 aromatic heterocycles. The fourth-order valence-electron chi connectivity index (χ4n) is 4.63. The first-order chi connectivity index (χ1) is 17.5. The van der Waals surface area contributed by atoms with E-state index in [1.54, 1.807) is 0 Å². The van der Waals surface area contributed by atoms with Gasteiger partial charge in [-0.2, -0.15) is 0 Å². The minimum Gasteiger partial charge on any atom is -0.364 e. The third-order valence-electron chi connectivity index (χ3n) is 6.80. The van der Waals surface area contributed by atoms with Crippen LogP contribution in [-0.4, -0.2) is 26.8 Å². The Bertz CT molecular complexity index is 1300. The number of carbonyl (C=O) groups excluding carboxylic acids is 1. The summed E-state index contributed by atoms with van der Waals surface area (Å²) in [5.41, 5.74) is 8.31. The van der Waals surface area contributed by atoms with E-state index in [1.807, 2.05) is 31.5 Å². The summed E-state index contributed by atoms with van der Waals surface area (Å²) in [4.78, 5) is 19.7. The van der Waals surface area contributed by atoms with Crippen LogP contribution in [0.4, 0.5) is 0 Å². The summed E-state index contributed by atoms with van der Waals surface area (Å²) in [7, 11) is 0. The summed E-state index contributed by atoms with van der Waals surface area (Å²) in [6.45, 7) is 6.27. The van der Waals surface area contributed by atoms with E-state index in [9.17, 15) is 4.79 Å². The number of amides is 1. The van der Waals surface area contributed by atoms with Crippen LogP contribution in [0.15, 0.2) is 73.1 Å². The predicted octanol–water partition coefficient (Wildman–Crippen LogP) is 7.31. The van der Waals surface area contributed by atoms with Crippen molar-refractivity contribution in [3.63, 3.8) is 0 Å². The van der Waals surface area contributed by atoms with E-state index in [2.05, 4.69) is 77.7 Å². The molecule has 4 aromatic rings. The van der Waals surface area contributed by atoms with E-state index in [1.165, 1.54) is 24.0 Å².